The van der Waals surface area contributed by atoms with E-state index in [1.165, 1.54) is 30.5 Å². The van der Waals surface area contributed by atoms with E-state index < -0.39 is 22.9 Å². The lowest BCUT2D eigenvalue weighted by Gasteiger charge is -2.60. The maximum atomic E-state index is 15.1. The van der Waals surface area contributed by atoms with Crippen LogP contribution in [0, 0.1) is 34.4 Å². The van der Waals surface area contributed by atoms with Crippen molar-refractivity contribution in [2.45, 2.75) is 129 Å². The van der Waals surface area contributed by atoms with Crippen molar-refractivity contribution in [2.75, 3.05) is 13.1 Å². The van der Waals surface area contributed by atoms with Crippen LogP contribution in [0.4, 0.5) is 9.18 Å². The second-order valence-corrected chi connectivity index (χ2v) is 19.3. The highest BCUT2D eigenvalue weighted by atomic mass is 35.5. The molecule has 0 aliphatic heterocycles. The Morgan fingerprint density at radius 3 is 2.49 bits per heavy atom. The van der Waals surface area contributed by atoms with Gasteiger partial charge in [0, 0.05) is 34.5 Å². The fourth-order valence-electron chi connectivity index (χ4n) is 11.3. The smallest absolute Gasteiger partial charge is 0.317 e. The van der Waals surface area contributed by atoms with Crippen LogP contribution in [0.5, 0.6) is 0 Å². The Morgan fingerprint density at radius 1 is 1.00 bits per heavy atom. The van der Waals surface area contributed by atoms with Gasteiger partial charge in [0.2, 0.25) is 0 Å². The molecule has 8 heteroatoms. The minimum atomic E-state index is -1.26. The zero-order valence-corrected chi connectivity index (χ0v) is 35.3. The fourth-order valence-corrected chi connectivity index (χ4v) is 11.5. The summed E-state index contributed by atoms with van der Waals surface area (Å²) < 4.78 is 15.1. The summed E-state index contributed by atoms with van der Waals surface area (Å²) in [6.07, 6.45) is 9.07. The van der Waals surface area contributed by atoms with E-state index in [2.05, 4.69) is 39.1 Å². The van der Waals surface area contributed by atoms with Crippen molar-refractivity contribution >= 4 is 23.4 Å². The van der Waals surface area contributed by atoms with Gasteiger partial charge in [0.1, 0.15) is 5.82 Å². The Balaban J connectivity index is 1.26. The molecule has 306 valence electrons. The van der Waals surface area contributed by atoms with E-state index in [1.807, 2.05) is 60.4 Å². The summed E-state index contributed by atoms with van der Waals surface area (Å²) in [6, 6.07) is 20.0. The van der Waals surface area contributed by atoms with Crippen LogP contribution in [0.25, 0.3) is 0 Å². The Bertz CT molecular complexity index is 1960. The van der Waals surface area contributed by atoms with Crippen LogP contribution in [0.2, 0.25) is 5.02 Å². The summed E-state index contributed by atoms with van der Waals surface area (Å²) in [5, 5.41) is 27.8. The lowest BCUT2D eigenvalue weighted by molar-refractivity contribution is -0.118. The van der Waals surface area contributed by atoms with E-state index in [-0.39, 0.29) is 52.7 Å². The molecule has 6 nitrogen and oxygen atoms in total. The quantitative estimate of drug-likeness (QED) is 0.149. The number of urea groups is 1. The molecule has 0 saturated heterocycles. The van der Waals surface area contributed by atoms with Crippen LogP contribution in [0.3, 0.4) is 0 Å². The number of aliphatic hydroxyl groups excluding tert-OH is 1. The molecule has 3 N–H and O–H groups in total. The van der Waals surface area contributed by atoms with Crippen molar-refractivity contribution in [3.05, 3.63) is 117 Å². The van der Waals surface area contributed by atoms with Crippen molar-refractivity contribution in [1.29, 1.82) is 0 Å². The molecular formula is C49H62ClFN2O4. The van der Waals surface area contributed by atoms with Crippen molar-refractivity contribution in [3.63, 3.8) is 0 Å². The molecule has 8 atom stereocenters. The number of allylic oxidation sites excluding steroid dienone is 2. The zero-order chi connectivity index (χ0) is 40.7. The topological polar surface area (TPSA) is 89.9 Å². The van der Waals surface area contributed by atoms with Gasteiger partial charge in [0.15, 0.2) is 5.78 Å². The van der Waals surface area contributed by atoms with Crippen LogP contribution in [-0.4, -0.2) is 51.7 Å². The first kappa shape index (κ1) is 41.6. The van der Waals surface area contributed by atoms with Gasteiger partial charge in [-0.2, -0.15) is 0 Å². The summed E-state index contributed by atoms with van der Waals surface area (Å²) in [4.78, 5) is 30.9. The highest BCUT2D eigenvalue weighted by Gasteiger charge is 2.59. The minimum Gasteiger partial charge on any atom is -0.393 e. The van der Waals surface area contributed by atoms with Crippen LogP contribution in [0.15, 0.2) is 78.4 Å². The highest BCUT2D eigenvalue weighted by Crippen LogP contribution is 2.62. The standard InChI is InChI=1S/C49H62ClFN2O4/c1-31-11-10-23-48(5)41(38-21-17-33(25-37(54)20-16-31)26-39(38)45(55)28-40-43(50)14-9-15-44(40)51)22-24-49(48,57)30-53(29-35-18-19-36-27-42(35)47(36,3)4)46(56)52-32(2)34-12-7-6-8-13-34/h6-9,11-15,17,21,26,32,35-37,41-42,54,57H,10,16,18-20,22-25,27-30H2,1-5H3,(H,52,56)/t32-,35+,36+,37+,41+,42+,48+,49-/m1/s1. The van der Waals surface area contributed by atoms with Gasteiger partial charge in [-0.25, -0.2) is 9.18 Å². The Morgan fingerprint density at radius 2 is 1.77 bits per heavy atom. The molecule has 4 bridgehead atoms. The number of hydrogen-bond acceptors (Lipinski definition) is 4. The third-order valence-corrected chi connectivity index (χ3v) is 15.6. The largest absolute Gasteiger partial charge is 0.393 e. The van der Waals surface area contributed by atoms with Crippen LogP contribution in [-0.2, 0) is 12.8 Å². The number of ketones is 1. The molecule has 3 aromatic carbocycles. The van der Waals surface area contributed by atoms with E-state index in [1.54, 1.807) is 6.07 Å². The van der Waals surface area contributed by atoms with Gasteiger partial charge in [-0.15, -0.1) is 0 Å². The van der Waals surface area contributed by atoms with Crippen molar-refractivity contribution in [3.8, 4) is 0 Å². The molecule has 57 heavy (non-hydrogen) atoms. The number of amides is 2. The molecule has 6 aliphatic rings. The molecule has 9 rings (SSSR count). The molecule has 3 aromatic rings. The number of nitrogens with one attached hydrogen (secondary N) is 1. The maximum absolute atomic E-state index is 15.1. The summed E-state index contributed by atoms with van der Waals surface area (Å²) in [5.41, 5.74) is 2.80. The normalized spacial score (nSPS) is 30.0. The number of carbonyl (C=O) groups is 2. The van der Waals surface area contributed by atoms with Gasteiger partial charge < -0.3 is 20.4 Å². The van der Waals surface area contributed by atoms with E-state index in [0.717, 1.165) is 35.4 Å². The first-order chi connectivity index (χ1) is 27.1. The van der Waals surface area contributed by atoms with E-state index in [4.69, 9.17) is 11.6 Å². The summed E-state index contributed by atoms with van der Waals surface area (Å²) >= 11 is 6.44. The third-order valence-electron chi connectivity index (χ3n) is 15.2. The van der Waals surface area contributed by atoms with Gasteiger partial charge in [-0.1, -0.05) is 92.6 Å². The van der Waals surface area contributed by atoms with Gasteiger partial charge in [0.05, 0.1) is 24.3 Å². The number of Topliss-reactive ketones (excluding diaryl/α,β-unsaturated/α-hetero) is 1. The predicted molar refractivity (Wildman–Crippen MR) is 226 cm³/mol. The van der Waals surface area contributed by atoms with Gasteiger partial charge in [-0.05, 0) is 142 Å². The number of benzene rings is 3. The Hall–Kier alpha value is -3.52. The van der Waals surface area contributed by atoms with Gasteiger partial charge in [0.25, 0.3) is 0 Å². The molecule has 0 radical (unpaired) electrons. The van der Waals surface area contributed by atoms with Crippen LogP contribution < -0.4 is 5.32 Å². The second-order valence-electron chi connectivity index (χ2n) is 18.9. The number of carbonyl (C=O) groups excluding carboxylic acids is 2. The van der Waals surface area contributed by atoms with Crippen LogP contribution >= 0.6 is 11.6 Å². The predicted octanol–water partition coefficient (Wildman–Crippen LogP) is 10.8. The first-order valence-corrected chi connectivity index (χ1v) is 21.7. The van der Waals surface area contributed by atoms with Gasteiger partial charge in [-0.3, -0.25) is 4.79 Å². The van der Waals surface area contributed by atoms with E-state index in [9.17, 15) is 19.8 Å². The third kappa shape index (κ3) is 8.36. The monoisotopic (exact) mass is 796 g/mol. The lowest BCUT2D eigenvalue weighted by Crippen LogP contribution is -2.59. The number of hydrogen-bond donors (Lipinski definition) is 3. The number of fused-ring (bicyclic) bond motifs is 10. The molecule has 0 heterocycles. The van der Waals surface area contributed by atoms with E-state index >= 15 is 4.39 Å². The molecule has 6 aliphatic carbocycles. The van der Waals surface area contributed by atoms with Gasteiger partial charge >= 0.3 is 6.03 Å². The summed E-state index contributed by atoms with van der Waals surface area (Å²) in [7, 11) is 0. The molecule has 4 saturated carbocycles. The van der Waals surface area contributed by atoms with Crippen molar-refractivity contribution in [1.82, 2.24) is 10.2 Å². The fraction of sp³-hybridized carbons (Fsp3) is 0.551. The van der Waals surface area contributed by atoms with Crippen molar-refractivity contribution in [2.24, 2.45) is 28.6 Å². The Labute approximate surface area is 344 Å². The molecule has 0 spiro atoms. The molecule has 0 unspecified atom stereocenters. The summed E-state index contributed by atoms with van der Waals surface area (Å²) in [5.74, 6) is 0.636. The SMILES string of the molecule is CC1=CCC[C@@]2(C)[C@@H](CC[C@@]2(O)CN(C[C@@H]2CC[C@H]3C[C@@H]2C3(C)C)C(=O)N[C@H](C)c2ccccc2)c2ccc(cc2C(=O)Cc2c(F)cccc2Cl)C[C@@H](O)CC1. The average Bonchev–Trinajstić information content (AvgIpc) is 3.43. The second kappa shape index (κ2) is 16.6. The number of aliphatic hydroxyl groups is 2. The maximum Gasteiger partial charge on any atom is 0.317 e. The lowest BCUT2D eigenvalue weighted by atomic mass is 9.45. The minimum absolute atomic E-state index is 0.163. The number of rotatable bonds is 9. The summed E-state index contributed by atoms with van der Waals surface area (Å²) in [6.45, 7) is 11.8. The number of nitrogens with zero attached hydrogens (tertiary/aromatic N) is 1. The van der Waals surface area contributed by atoms with E-state index in [0.29, 0.717) is 62.5 Å². The first-order valence-electron chi connectivity index (χ1n) is 21.3. The average molecular weight is 797 g/mol. The number of halogens is 2. The molecule has 4 fully saturated rings. The van der Waals surface area contributed by atoms with Crippen molar-refractivity contribution < 1.29 is 24.2 Å². The zero-order valence-electron chi connectivity index (χ0n) is 34.5. The molecular weight excluding hydrogens is 735 g/mol. The van der Waals surface area contributed by atoms with Crippen LogP contribution in [0.1, 0.15) is 137 Å². The Kier molecular flexibility index (Phi) is 12.1. The molecule has 2 amide bonds. The molecule has 0 aromatic heterocycles. The highest BCUT2D eigenvalue weighted by molar-refractivity contribution is 6.31.